The Hall–Kier alpha value is -2.59. The number of benzene rings is 2. The van der Waals surface area contributed by atoms with Gasteiger partial charge in [0.15, 0.2) is 0 Å². The third-order valence-electron chi connectivity index (χ3n) is 4.81. The Balaban J connectivity index is 2.17. The van der Waals surface area contributed by atoms with Crippen molar-refractivity contribution in [2.24, 2.45) is 5.92 Å². The molecule has 2 rings (SSSR count). The van der Waals surface area contributed by atoms with Crippen molar-refractivity contribution in [2.45, 2.75) is 52.4 Å². The Morgan fingerprint density at radius 3 is 2.18 bits per heavy atom. The van der Waals surface area contributed by atoms with Crippen LogP contribution in [0.25, 0.3) is 6.08 Å². The lowest BCUT2D eigenvalue weighted by atomic mass is 9.94. The fourth-order valence-corrected chi connectivity index (χ4v) is 2.97. The molecule has 2 aromatic carbocycles. The van der Waals surface area contributed by atoms with E-state index in [9.17, 15) is 9.90 Å². The van der Waals surface area contributed by atoms with Crippen molar-refractivity contribution >= 4 is 12.0 Å². The molecule has 0 saturated carbocycles. The zero-order chi connectivity index (χ0) is 20.4. The topological polar surface area (TPSA) is 55.8 Å². The first-order valence-corrected chi connectivity index (χ1v) is 9.87. The van der Waals surface area contributed by atoms with Crippen LogP contribution in [-0.2, 0) is 20.9 Å². The van der Waals surface area contributed by atoms with Gasteiger partial charge in [-0.1, -0.05) is 81.4 Å². The smallest absolute Gasteiger partial charge is 0.373 e. The van der Waals surface area contributed by atoms with E-state index in [1.807, 2.05) is 81.4 Å². The third kappa shape index (κ3) is 6.54. The SMILES string of the molecule is CC[C@@H](O)C(C)[C@@H](CC)OC(=O)C(=Cc1ccccc1)OCc1ccccc1. The van der Waals surface area contributed by atoms with Gasteiger partial charge in [-0.05, 0) is 30.0 Å². The van der Waals surface area contributed by atoms with Crippen molar-refractivity contribution in [3.05, 3.63) is 77.5 Å². The van der Waals surface area contributed by atoms with Gasteiger partial charge in [0, 0.05) is 5.92 Å². The lowest BCUT2D eigenvalue weighted by Crippen LogP contribution is -2.33. The maximum atomic E-state index is 12.9. The number of hydrogen-bond donors (Lipinski definition) is 1. The van der Waals surface area contributed by atoms with Crippen LogP contribution in [0.5, 0.6) is 0 Å². The van der Waals surface area contributed by atoms with Gasteiger partial charge in [0.2, 0.25) is 5.76 Å². The maximum absolute atomic E-state index is 12.9. The predicted octanol–water partition coefficient (Wildman–Crippen LogP) is 4.97. The van der Waals surface area contributed by atoms with E-state index in [2.05, 4.69) is 0 Å². The van der Waals surface area contributed by atoms with Gasteiger partial charge in [0.25, 0.3) is 0 Å². The van der Waals surface area contributed by atoms with Crippen molar-refractivity contribution in [3.8, 4) is 0 Å². The highest BCUT2D eigenvalue weighted by molar-refractivity contribution is 5.91. The molecule has 4 heteroatoms. The number of ether oxygens (including phenoxy) is 2. The molecule has 0 aliphatic rings. The number of aliphatic hydroxyl groups is 1. The molecular formula is C24H30O4. The van der Waals surface area contributed by atoms with E-state index in [4.69, 9.17) is 9.47 Å². The van der Waals surface area contributed by atoms with Crippen molar-refractivity contribution in [2.75, 3.05) is 0 Å². The molecule has 0 fully saturated rings. The van der Waals surface area contributed by atoms with Gasteiger partial charge < -0.3 is 14.6 Å². The summed E-state index contributed by atoms with van der Waals surface area (Å²) in [6.45, 7) is 6.04. The summed E-state index contributed by atoms with van der Waals surface area (Å²) in [6.07, 6.45) is 2.05. The molecule has 28 heavy (non-hydrogen) atoms. The van der Waals surface area contributed by atoms with E-state index >= 15 is 0 Å². The monoisotopic (exact) mass is 382 g/mol. The average Bonchev–Trinajstić information content (AvgIpc) is 2.75. The summed E-state index contributed by atoms with van der Waals surface area (Å²) < 4.78 is 11.5. The summed E-state index contributed by atoms with van der Waals surface area (Å²) in [5.41, 5.74) is 1.83. The minimum Gasteiger partial charge on any atom is -0.482 e. The Morgan fingerprint density at radius 1 is 1.00 bits per heavy atom. The van der Waals surface area contributed by atoms with E-state index in [-0.39, 0.29) is 24.4 Å². The zero-order valence-electron chi connectivity index (χ0n) is 16.9. The lowest BCUT2D eigenvalue weighted by Gasteiger charge is -2.26. The van der Waals surface area contributed by atoms with Gasteiger partial charge in [0.1, 0.15) is 12.7 Å². The molecule has 0 aromatic heterocycles. The van der Waals surface area contributed by atoms with E-state index in [0.717, 1.165) is 11.1 Å². The fourth-order valence-electron chi connectivity index (χ4n) is 2.97. The standard InChI is InChI=1S/C24H30O4/c1-4-21(25)18(3)22(5-2)28-24(26)23(16-19-12-8-6-9-13-19)27-17-20-14-10-7-11-15-20/h6-16,18,21-22,25H,4-5,17H2,1-3H3/t18?,21-,22-/m1/s1. The summed E-state index contributed by atoms with van der Waals surface area (Å²) in [4.78, 5) is 12.9. The highest BCUT2D eigenvalue weighted by Crippen LogP contribution is 2.21. The Bertz CT molecular complexity index is 740. The summed E-state index contributed by atoms with van der Waals surface area (Å²) in [6, 6.07) is 19.2. The van der Waals surface area contributed by atoms with Crippen LogP contribution < -0.4 is 0 Å². The largest absolute Gasteiger partial charge is 0.482 e. The minimum atomic E-state index is -0.512. The average molecular weight is 383 g/mol. The highest BCUT2D eigenvalue weighted by atomic mass is 16.6. The first kappa shape index (κ1) is 21.7. The van der Waals surface area contributed by atoms with Crippen molar-refractivity contribution < 1.29 is 19.4 Å². The van der Waals surface area contributed by atoms with Crippen LogP contribution >= 0.6 is 0 Å². The van der Waals surface area contributed by atoms with Crippen LogP contribution in [0.4, 0.5) is 0 Å². The Kier molecular flexibility index (Phi) is 8.76. The molecule has 0 aliphatic carbocycles. The quantitative estimate of drug-likeness (QED) is 0.358. The van der Waals surface area contributed by atoms with Crippen LogP contribution in [0.2, 0.25) is 0 Å². The van der Waals surface area contributed by atoms with Gasteiger partial charge in [-0.15, -0.1) is 0 Å². The van der Waals surface area contributed by atoms with E-state index in [0.29, 0.717) is 12.8 Å². The second-order valence-electron chi connectivity index (χ2n) is 6.88. The molecule has 0 amide bonds. The van der Waals surface area contributed by atoms with Gasteiger partial charge in [0.05, 0.1) is 6.10 Å². The van der Waals surface area contributed by atoms with Gasteiger partial charge in [-0.2, -0.15) is 0 Å². The molecule has 0 spiro atoms. The summed E-state index contributed by atoms with van der Waals surface area (Å²) in [5.74, 6) is -0.500. The molecule has 2 aromatic rings. The molecule has 150 valence electrons. The third-order valence-corrected chi connectivity index (χ3v) is 4.81. The van der Waals surface area contributed by atoms with Crippen LogP contribution in [-0.4, -0.2) is 23.3 Å². The zero-order valence-corrected chi connectivity index (χ0v) is 16.9. The van der Waals surface area contributed by atoms with Crippen molar-refractivity contribution in [3.63, 3.8) is 0 Å². The molecule has 4 nitrogen and oxygen atoms in total. The van der Waals surface area contributed by atoms with Crippen molar-refractivity contribution in [1.29, 1.82) is 0 Å². The van der Waals surface area contributed by atoms with Gasteiger partial charge in [-0.25, -0.2) is 4.79 Å². The lowest BCUT2D eigenvalue weighted by molar-refractivity contribution is -0.153. The first-order valence-electron chi connectivity index (χ1n) is 9.87. The molecule has 1 N–H and O–H groups in total. The first-order chi connectivity index (χ1) is 13.5. The minimum absolute atomic E-state index is 0.147. The number of esters is 1. The van der Waals surface area contributed by atoms with Crippen molar-refractivity contribution in [1.82, 2.24) is 0 Å². The number of hydrogen-bond acceptors (Lipinski definition) is 4. The summed E-state index contributed by atoms with van der Waals surface area (Å²) >= 11 is 0. The number of carbonyl (C=O) groups excluding carboxylic acids is 1. The van der Waals surface area contributed by atoms with Crippen LogP contribution in [0.15, 0.2) is 66.4 Å². The summed E-state index contributed by atoms with van der Waals surface area (Å²) in [5, 5.41) is 10.1. The predicted molar refractivity (Wildman–Crippen MR) is 111 cm³/mol. The van der Waals surface area contributed by atoms with Crippen LogP contribution in [0.3, 0.4) is 0 Å². The van der Waals surface area contributed by atoms with E-state index in [1.54, 1.807) is 6.08 Å². The number of aliphatic hydroxyl groups excluding tert-OH is 1. The molecule has 3 atom stereocenters. The normalized spacial score (nSPS) is 14.8. The Labute approximate surface area is 167 Å². The number of rotatable bonds is 10. The summed E-state index contributed by atoms with van der Waals surface area (Å²) in [7, 11) is 0. The van der Waals surface area contributed by atoms with Gasteiger partial charge in [-0.3, -0.25) is 0 Å². The molecule has 1 unspecified atom stereocenters. The number of carbonyl (C=O) groups is 1. The van der Waals surface area contributed by atoms with E-state index < -0.39 is 12.1 Å². The van der Waals surface area contributed by atoms with Crippen LogP contribution in [0.1, 0.15) is 44.7 Å². The highest BCUT2D eigenvalue weighted by Gasteiger charge is 2.27. The molecule has 0 radical (unpaired) electrons. The van der Waals surface area contributed by atoms with Crippen LogP contribution in [0, 0.1) is 5.92 Å². The molecular weight excluding hydrogens is 352 g/mol. The maximum Gasteiger partial charge on any atom is 0.373 e. The van der Waals surface area contributed by atoms with E-state index in [1.165, 1.54) is 0 Å². The molecule has 0 saturated heterocycles. The second-order valence-corrected chi connectivity index (χ2v) is 6.88. The second kappa shape index (κ2) is 11.3. The molecule has 0 bridgehead atoms. The molecule has 0 aliphatic heterocycles. The fraction of sp³-hybridized carbons (Fsp3) is 0.375. The Morgan fingerprint density at radius 2 is 1.61 bits per heavy atom. The molecule has 0 heterocycles. The van der Waals surface area contributed by atoms with Gasteiger partial charge >= 0.3 is 5.97 Å².